The number of benzene rings is 2. The number of carbonyl (C=O) groups excluding carboxylic acids is 2. The minimum Gasteiger partial charge on any atom is -0.326 e. The standard InChI is InChI=1S/C19H23N3O2/c1-14(13-20-2)18(23)21-16-9-7-8-15(12-16)19(24)22(3)17-10-5-4-6-11-17/h4-12,14,20H,13H2,1-3H3,(H,21,23). The number of hydrogen-bond donors (Lipinski definition) is 2. The van der Waals surface area contributed by atoms with Crippen molar-refractivity contribution in [2.75, 3.05) is 30.9 Å². The van der Waals surface area contributed by atoms with E-state index in [2.05, 4.69) is 10.6 Å². The van der Waals surface area contributed by atoms with E-state index in [4.69, 9.17) is 0 Å². The topological polar surface area (TPSA) is 61.4 Å². The molecule has 126 valence electrons. The molecule has 5 heteroatoms. The Hall–Kier alpha value is -2.66. The van der Waals surface area contributed by atoms with Crippen LogP contribution < -0.4 is 15.5 Å². The van der Waals surface area contributed by atoms with Crippen LogP contribution in [-0.4, -0.2) is 32.5 Å². The molecular weight excluding hydrogens is 302 g/mol. The molecule has 0 aliphatic heterocycles. The second-order valence-electron chi connectivity index (χ2n) is 5.73. The van der Waals surface area contributed by atoms with Gasteiger partial charge in [-0.25, -0.2) is 0 Å². The van der Waals surface area contributed by atoms with Gasteiger partial charge in [0.25, 0.3) is 5.91 Å². The summed E-state index contributed by atoms with van der Waals surface area (Å²) in [6.45, 7) is 2.45. The molecule has 2 N–H and O–H groups in total. The highest BCUT2D eigenvalue weighted by Crippen LogP contribution is 2.17. The van der Waals surface area contributed by atoms with E-state index in [1.54, 1.807) is 36.2 Å². The van der Waals surface area contributed by atoms with Crippen LogP contribution in [0.25, 0.3) is 0 Å². The fourth-order valence-electron chi connectivity index (χ4n) is 2.36. The summed E-state index contributed by atoms with van der Waals surface area (Å²) in [6.07, 6.45) is 0. The van der Waals surface area contributed by atoms with Gasteiger partial charge in [0.2, 0.25) is 5.91 Å². The molecule has 0 heterocycles. The number of anilines is 2. The molecule has 0 radical (unpaired) electrons. The Labute approximate surface area is 142 Å². The summed E-state index contributed by atoms with van der Waals surface area (Å²) in [5.74, 6) is -0.354. The van der Waals surface area contributed by atoms with Gasteiger partial charge in [-0.15, -0.1) is 0 Å². The van der Waals surface area contributed by atoms with E-state index in [1.165, 1.54) is 0 Å². The molecule has 0 spiro atoms. The van der Waals surface area contributed by atoms with Gasteiger partial charge in [-0.3, -0.25) is 9.59 Å². The van der Waals surface area contributed by atoms with Gasteiger partial charge in [-0.1, -0.05) is 31.2 Å². The van der Waals surface area contributed by atoms with Gasteiger partial charge in [0.05, 0.1) is 0 Å². The molecule has 0 bridgehead atoms. The summed E-state index contributed by atoms with van der Waals surface area (Å²) in [6, 6.07) is 16.4. The van der Waals surface area contributed by atoms with Crippen molar-refractivity contribution in [2.45, 2.75) is 6.92 Å². The average Bonchev–Trinajstić information content (AvgIpc) is 2.61. The minimum atomic E-state index is -0.152. The Kier molecular flexibility index (Phi) is 6.09. The van der Waals surface area contributed by atoms with Crippen LogP contribution in [0.1, 0.15) is 17.3 Å². The monoisotopic (exact) mass is 325 g/mol. The third kappa shape index (κ3) is 4.43. The molecule has 2 rings (SSSR count). The van der Waals surface area contributed by atoms with Gasteiger partial charge in [-0.05, 0) is 37.4 Å². The number of rotatable bonds is 6. The molecule has 0 aliphatic rings. The highest BCUT2D eigenvalue weighted by molar-refractivity contribution is 6.06. The van der Waals surface area contributed by atoms with E-state index in [0.29, 0.717) is 17.8 Å². The van der Waals surface area contributed by atoms with Gasteiger partial charge in [0.15, 0.2) is 0 Å². The number of amides is 2. The maximum absolute atomic E-state index is 12.6. The smallest absolute Gasteiger partial charge is 0.258 e. The molecule has 0 fully saturated rings. The van der Waals surface area contributed by atoms with Crippen molar-refractivity contribution in [3.05, 3.63) is 60.2 Å². The molecule has 2 aromatic rings. The van der Waals surface area contributed by atoms with Crippen LogP contribution >= 0.6 is 0 Å². The molecule has 2 aromatic carbocycles. The molecule has 0 aromatic heterocycles. The maximum Gasteiger partial charge on any atom is 0.258 e. The third-order valence-electron chi connectivity index (χ3n) is 3.78. The van der Waals surface area contributed by atoms with Crippen molar-refractivity contribution in [2.24, 2.45) is 5.92 Å². The van der Waals surface area contributed by atoms with Crippen molar-refractivity contribution in [3.63, 3.8) is 0 Å². The second-order valence-corrected chi connectivity index (χ2v) is 5.73. The van der Waals surface area contributed by atoms with E-state index < -0.39 is 0 Å². The first-order valence-electron chi connectivity index (χ1n) is 7.91. The SMILES string of the molecule is CNCC(C)C(=O)Nc1cccc(C(=O)N(C)c2ccccc2)c1. The molecule has 0 saturated carbocycles. The lowest BCUT2D eigenvalue weighted by molar-refractivity contribution is -0.119. The summed E-state index contributed by atoms with van der Waals surface area (Å²) >= 11 is 0. The van der Waals surface area contributed by atoms with Crippen LogP contribution in [0.3, 0.4) is 0 Å². The Morgan fingerprint density at radius 2 is 1.79 bits per heavy atom. The summed E-state index contributed by atoms with van der Waals surface area (Å²) in [4.78, 5) is 26.3. The zero-order valence-corrected chi connectivity index (χ0v) is 14.2. The van der Waals surface area contributed by atoms with Crippen molar-refractivity contribution in [3.8, 4) is 0 Å². The second kappa shape index (κ2) is 8.26. The summed E-state index contributed by atoms with van der Waals surface area (Å²) < 4.78 is 0. The van der Waals surface area contributed by atoms with Crippen molar-refractivity contribution >= 4 is 23.2 Å². The Balaban J connectivity index is 2.12. The number of hydrogen-bond acceptors (Lipinski definition) is 3. The fraction of sp³-hybridized carbons (Fsp3) is 0.263. The van der Waals surface area contributed by atoms with Crippen LogP contribution in [0.5, 0.6) is 0 Å². The van der Waals surface area contributed by atoms with Crippen LogP contribution in [0.4, 0.5) is 11.4 Å². The van der Waals surface area contributed by atoms with Crippen molar-refractivity contribution in [1.29, 1.82) is 0 Å². The minimum absolute atomic E-state index is 0.0784. The highest BCUT2D eigenvalue weighted by Gasteiger charge is 2.15. The zero-order valence-electron chi connectivity index (χ0n) is 14.2. The zero-order chi connectivity index (χ0) is 17.5. The molecule has 24 heavy (non-hydrogen) atoms. The van der Waals surface area contributed by atoms with Crippen molar-refractivity contribution in [1.82, 2.24) is 5.32 Å². The lowest BCUT2D eigenvalue weighted by Crippen LogP contribution is -2.29. The molecule has 0 saturated heterocycles. The van der Waals surface area contributed by atoms with Crippen LogP contribution in [-0.2, 0) is 4.79 Å². The first kappa shape index (κ1) is 17.7. The van der Waals surface area contributed by atoms with Crippen LogP contribution in [0.15, 0.2) is 54.6 Å². The molecular formula is C19H23N3O2. The number of carbonyl (C=O) groups is 2. The number of nitrogens with zero attached hydrogens (tertiary/aromatic N) is 1. The normalized spacial score (nSPS) is 11.6. The number of nitrogens with one attached hydrogen (secondary N) is 2. The third-order valence-corrected chi connectivity index (χ3v) is 3.78. The van der Waals surface area contributed by atoms with Crippen LogP contribution in [0, 0.1) is 5.92 Å². The predicted molar refractivity (Wildman–Crippen MR) is 97.3 cm³/mol. The van der Waals surface area contributed by atoms with Crippen molar-refractivity contribution < 1.29 is 9.59 Å². The largest absolute Gasteiger partial charge is 0.326 e. The van der Waals surface area contributed by atoms with Crippen LogP contribution in [0.2, 0.25) is 0 Å². The maximum atomic E-state index is 12.6. The van der Waals surface area contributed by atoms with E-state index in [0.717, 1.165) is 5.69 Å². The van der Waals surface area contributed by atoms with Gasteiger partial charge in [0.1, 0.15) is 0 Å². The average molecular weight is 325 g/mol. The summed E-state index contributed by atoms with van der Waals surface area (Å²) in [5.41, 5.74) is 1.97. The van der Waals surface area contributed by atoms with Gasteiger partial charge in [0, 0.05) is 36.4 Å². The molecule has 1 unspecified atom stereocenters. The molecule has 2 amide bonds. The first-order valence-corrected chi connectivity index (χ1v) is 7.91. The van der Waals surface area contributed by atoms with Gasteiger partial charge in [-0.2, -0.15) is 0 Å². The fourth-order valence-corrected chi connectivity index (χ4v) is 2.36. The predicted octanol–water partition coefficient (Wildman–Crippen LogP) is 2.76. The van der Waals surface area contributed by atoms with Gasteiger partial charge >= 0.3 is 0 Å². The molecule has 5 nitrogen and oxygen atoms in total. The Bertz CT molecular complexity index is 701. The highest BCUT2D eigenvalue weighted by atomic mass is 16.2. The van der Waals surface area contributed by atoms with Gasteiger partial charge < -0.3 is 15.5 Å². The quantitative estimate of drug-likeness (QED) is 0.858. The number of para-hydroxylation sites is 1. The Morgan fingerprint density at radius 3 is 2.46 bits per heavy atom. The lowest BCUT2D eigenvalue weighted by Gasteiger charge is -2.18. The Morgan fingerprint density at radius 1 is 1.08 bits per heavy atom. The first-order chi connectivity index (χ1) is 11.5. The van der Waals surface area contributed by atoms with E-state index >= 15 is 0 Å². The lowest BCUT2D eigenvalue weighted by atomic mass is 10.1. The van der Waals surface area contributed by atoms with E-state index in [-0.39, 0.29) is 17.7 Å². The van der Waals surface area contributed by atoms with E-state index in [9.17, 15) is 9.59 Å². The molecule has 1 atom stereocenters. The van der Waals surface area contributed by atoms with E-state index in [1.807, 2.05) is 44.3 Å². The summed E-state index contributed by atoms with van der Waals surface area (Å²) in [5, 5.41) is 5.83. The molecule has 0 aliphatic carbocycles. The summed E-state index contributed by atoms with van der Waals surface area (Å²) in [7, 11) is 3.54.